The Hall–Kier alpha value is -3.88. The summed E-state index contributed by atoms with van der Waals surface area (Å²) in [6.45, 7) is 5.90. The van der Waals surface area contributed by atoms with Gasteiger partial charge in [0.15, 0.2) is 0 Å². The molecule has 0 aliphatic heterocycles. The van der Waals surface area contributed by atoms with Crippen molar-refractivity contribution in [3.05, 3.63) is 92.8 Å². The number of aromatic carboxylic acids is 1. The number of carboxylic acids is 1. The Bertz CT molecular complexity index is 1450. The molecule has 2 heterocycles. The van der Waals surface area contributed by atoms with Gasteiger partial charge in [0.1, 0.15) is 29.6 Å². The van der Waals surface area contributed by atoms with E-state index in [4.69, 9.17) is 37.6 Å². The minimum absolute atomic E-state index is 0.0446. The van der Waals surface area contributed by atoms with Gasteiger partial charge in [-0.05, 0) is 55.0 Å². The third-order valence-electron chi connectivity index (χ3n) is 5.60. The first-order chi connectivity index (χ1) is 17.7. The first kappa shape index (κ1) is 26.2. The van der Waals surface area contributed by atoms with Crippen molar-refractivity contribution < 1.29 is 24.0 Å². The van der Waals surface area contributed by atoms with Crippen molar-refractivity contribution in [3.63, 3.8) is 0 Å². The van der Waals surface area contributed by atoms with E-state index >= 15 is 0 Å². The summed E-state index contributed by atoms with van der Waals surface area (Å²) < 4.78 is 11.6. The second-order valence-electron chi connectivity index (χ2n) is 8.59. The lowest BCUT2D eigenvalue weighted by atomic mass is 10.0. The zero-order valence-corrected chi connectivity index (χ0v) is 21.7. The van der Waals surface area contributed by atoms with Crippen molar-refractivity contribution >= 4 is 40.9 Å². The number of carboxylic acid groups (broad SMARTS) is 1. The zero-order valence-electron chi connectivity index (χ0n) is 20.2. The molecule has 0 spiro atoms. The standard InChI is InChI=1S/C27H23Cl2N3O5/c1-14(2)24-19(23(32-37-24)22-20(28)5-4-6-21(22)29)13-36-18-11-15(3)25(30-12-18)31-26(33)16-7-9-17(10-8-16)27(34)35/h4-12,14H,13H2,1-3H3,(H,34,35)(H,30,31,33). The molecule has 1 amide bonds. The second-order valence-corrected chi connectivity index (χ2v) is 9.40. The van der Waals surface area contributed by atoms with E-state index in [1.165, 1.54) is 30.5 Å². The van der Waals surface area contributed by atoms with Gasteiger partial charge in [0.2, 0.25) is 0 Å². The predicted molar refractivity (Wildman–Crippen MR) is 141 cm³/mol. The Balaban J connectivity index is 1.52. The van der Waals surface area contributed by atoms with E-state index in [0.29, 0.717) is 49.8 Å². The number of hydrogen-bond acceptors (Lipinski definition) is 6. The summed E-state index contributed by atoms with van der Waals surface area (Å²) in [5.74, 6) is 0.0726. The van der Waals surface area contributed by atoms with E-state index in [-0.39, 0.29) is 18.1 Å². The summed E-state index contributed by atoms with van der Waals surface area (Å²) in [7, 11) is 0. The molecule has 0 aliphatic rings. The van der Waals surface area contributed by atoms with Crippen LogP contribution in [0.3, 0.4) is 0 Å². The molecule has 2 aromatic heterocycles. The lowest BCUT2D eigenvalue weighted by molar-refractivity contribution is 0.0696. The maximum Gasteiger partial charge on any atom is 0.335 e. The summed E-state index contributed by atoms with van der Waals surface area (Å²) in [6, 6.07) is 12.6. The maximum atomic E-state index is 12.6. The summed E-state index contributed by atoms with van der Waals surface area (Å²) >= 11 is 12.8. The van der Waals surface area contributed by atoms with Crippen LogP contribution < -0.4 is 10.1 Å². The topological polar surface area (TPSA) is 115 Å². The molecule has 10 heteroatoms. The zero-order chi connectivity index (χ0) is 26.7. The SMILES string of the molecule is Cc1cc(OCc2c(-c3c(Cl)cccc3Cl)noc2C(C)C)cnc1NC(=O)c1ccc(C(=O)O)cc1. The van der Waals surface area contributed by atoms with E-state index in [9.17, 15) is 9.59 Å². The number of anilines is 1. The van der Waals surface area contributed by atoms with Crippen molar-refractivity contribution in [1.82, 2.24) is 10.1 Å². The van der Waals surface area contributed by atoms with Gasteiger partial charge in [-0.1, -0.05) is 48.3 Å². The molecule has 0 bridgehead atoms. The number of halogens is 2. The molecular weight excluding hydrogens is 517 g/mol. The average Bonchev–Trinajstić information content (AvgIpc) is 3.28. The summed E-state index contributed by atoms with van der Waals surface area (Å²) in [5.41, 5.74) is 2.90. The first-order valence-electron chi connectivity index (χ1n) is 11.3. The monoisotopic (exact) mass is 539 g/mol. The number of nitrogens with one attached hydrogen (secondary N) is 1. The van der Waals surface area contributed by atoms with Crippen LogP contribution in [0.1, 0.15) is 57.4 Å². The molecule has 0 unspecified atom stereocenters. The van der Waals surface area contributed by atoms with Gasteiger partial charge in [0.05, 0.1) is 27.4 Å². The van der Waals surface area contributed by atoms with E-state index in [2.05, 4.69) is 15.5 Å². The van der Waals surface area contributed by atoms with Crippen molar-refractivity contribution in [2.24, 2.45) is 0 Å². The Morgan fingerprint density at radius 1 is 1.08 bits per heavy atom. The number of benzene rings is 2. The maximum absolute atomic E-state index is 12.6. The number of aromatic nitrogens is 2. The number of pyridine rings is 1. The minimum Gasteiger partial charge on any atom is -0.487 e. The number of carbonyl (C=O) groups excluding carboxylic acids is 1. The summed E-state index contributed by atoms with van der Waals surface area (Å²) in [4.78, 5) is 27.9. The molecule has 0 aliphatic carbocycles. The Morgan fingerprint density at radius 3 is 2.32 bits per heavy atom. The van der Waals surface area contributed by atoms with Crippen LogP contribution in [0.4, 0.5) is 5.82 Å². The smallest absolute Gasteiger partial charge is 0.335 e. The summed E-state index contributed by atoms with van der Waals surface area (Å²) in [6.07, 6.45) is 1.50. The highest BCUT2D eigenvalue weighted by atomic mass is 35.5. The highest BCUT2D eigenvalue weighted by molar-refractivity contribution is 6.39. The van der Waals surface area contributed by atoms with Crippen LogP contribution in [0, 0.1) is 6.92 Å². The van der Waals surface area contributed by atoms with Gasteiger partial charge in [0.25, 0.3) is 5.91 Å². The first-order valence-corrected chi connectivity index (χ1v) is 12.1. The molecule has 190 valence electrons. The van der Waals surface area contributed by atoms with Crippen molar-refractivity contribution in [3.8, 4) is 17.0 Å². The van der Waals surface area contributed by atoms with Gasteiger partial charge in [-0.25, -0.2) is 9.78 Å². The third kappa shape index (κ3) is 5.76. The number of rotatable bonds is 8. The van der Waals surface area contributed by atoms with Gasteiger partial charge < -0.3 is 19.7 Å². The lowest BCUT2D eigenvalue weighted by Crippen LogP contribution is -2.14. The number of aryl methyl sites for hydroxylation is 1. The third-order valence-corrected chi connectivity index (χ3v) is 6.23. The Morgan fingerprint density at radius 2 is 1.73 bits per heavy atom. The Kier molecular flexibility index (Phi) is 7.80. The molecular formula is C27H23Cl2N3O5. The minimum atomic E-state index is -1.06. The van der Waals surface area contributed by atoms with Gasteiger partial charge in [-0.15, -0.1) is 0 Å². The number of nitrogens with zero attached hydrogens (tertiary/aromatic N) is 2. The fourth-order valence-electron chi connectivity index (χ4n) is 3.69. The molecule has 37 heavy (non-hydrogen) atoms. The fraction of sp³-hybridized carbons (Fsp3) is 0.185. The van der Waals surface area contributed by atoms with Crippen LogP contribution in [-0.4, -0.2) is 27.1 Å². The van der Waals surface area contributed by atoms with Crippen LogP contribution in [0.25, 0.3) is 11.3 Å². The highest BCUT2D eigenvalue weighted by Crippen LogP contribution is 2.38. The predicted octanol–water partition coefficient (Wildman–Crippen LogP) is 7.00. The Labute approximate surface area is 223 Å². The van der Waals surface area contributed by atoms with Crippen LogP contribution in [-0.2, 0) is 6.61 Å². The average molecular weight is 540 g/mol. The molecule has 0 saturated heterocycles. The largest absolute Gasteiger partial charge is 0.487 e. The number of carbonyl (C=O) groups is 2. The molecule has 2 N–H and O–H groups in total. The van der Waals surface area contributed by atoms with Crippen LogP contribution in [0.5, 0.6) is 5.75 Å². The highest BCUT2D eigenvalue weighted by Gasteiger charge is 2.24. The normalized spacial score (nSPS) is 11.0. The fourth-order valence-corrected chi connectivity index (χ4v) is 4.27. The van der Waals surface area contributed by atoms with Crippen LogP contribution in [0.2, 0.25) is 10.0 Å². The van der Waals surface area contributed by atoms with E-state index < -0.39 is 11.9 Å². The molecule has 0 saturated carbocycles. The van der Waals surface area contributed by atoms with Gasteiger partial charge in [-0.2, -0.15) is 0 Å². The number of hydrogen-bond donors (Lipinski definition) is 2. The molecule has 2 aromatic carbocycles. The van der Waals surface area contributed by atoms with E-state index in [1.54, 1.807) is 31.2 Å². The van der Waals surface area contributed by atoms with E-state index in [0.717, 1.165) is 5.56 Å². The van der Waals surface area contributed by atoms with Crippen molar-refractivity contribution in [2.45, 2.75) is 33.3 Å². The molecule has 4 aromatic rings. The lowest BCUT2D eigenvalue weighted by Gasteiger charge is -2.12. The van der Waals surface area contributed by atoms with Crippen LogP contribution >= 0.6 is 23.2 Å². The number of ether oxygens (including phenoxy) is 1. The second kappa shape index (κ2) is 11.0. The molecule has 8 nitrogen and oxygen atoms in total. The molecule has 4 rings (SSSR count). The molecule has 0 atom stereocenters. The van der Waals surface area contributed by atoms with Gasteiger partial charge in [-0.3, -0.25) is 4.79 Å². The molecule has 0 radical (unpaired) electrons. The molecule has 0 fully saturated rings. The van der Waals surface area contributed by atoms with Gasteiger partial charge in [0, 0.05) is 17.0 Å². The van der Waals surface area contributed by atoms with Crippen molar-refractivity contribution in [2.75, 3.05) is 5.32 Å². The van der Waals surface area contributed by atoms with Crippen LogP contribution in [0.15, 0.2) is 59.3 Å². The summed E-state index contributed by atoms with van der Waals surface area (Å²) in [5, 5.41) is 16.9. The number of amides is 1. The van der Waals surface area contributed by atoms with Crippen molar-refractivity contribution in [1.29, 1.82) is 0 Å². The quantitative estimate of drug-likeness (QED) is 0.247. The van der Waals surface area contributed by atoms with Gasteiger partial charge >= 0.3 is 5.97 Å². The van der Waals surface area contributed by atoms with E-state index in [1.807, 2.05) is 13.8 Å².